The van der Waals surface area contributed by atoms with Gasteiger partial charge in [-0.1, -0.05) is 0 Å². The number of nitriles is 1. The molecule has 50 valence electrons. The quantitative estimate of drug-likeness (QED) is 0.255. The van der Waals surface area contributed by atoms with Crippen LogP contribution in [0.2, 0.25) is 0 Å². The van der Waals surface area contributed by atoms with E-state index in [0.717, 1.165) is 5.01 Å². The first kappa shape index (κ1) is 8.18. The number of alkyl halides is 1. The van der Waals surface area contributed by atoms with Gasteiger partial charge in [0.25, 0.3) is 0 Å². The molecule has 0 aliphatic rings. The molecule has 0 fully saturated rings. The average Bonchev–Trinajstić information content (AvgIpc) is 1.88. The molecule has 0 aromatic rings. The fourth-order valence-electron chi connectivity index (χ4n) is 0.328. The van der Waals surface area contributed by atoms with Gasteiger partial charge >= 0.3 is 0 Å². The van der Waals surface area contributed by atoms with E-state index in [-0.39, 0.29) is 6.54 Å². The zero-order valence-electron chi connectivity index (χ0n) is 4.75. The lowest BCUT2D eigenvalue weighted by Gasteiger charge is -2.06. The van der Waals surface area contributed by atoms with Crippen LogP contribution in [-0.2, 0) is 0 Å². The van der Waals surface area contributed by atoms with Gasteiger partial charge in [0.05, 0.1) is 17.9 Å². The first-order valence-electron chi connectivity index (χ1n) is 2.36. The summed E-state index contributed by atoms with van der Waals surface area (Å²) in [5.41, 5.74) is 0. The van der Waals surface area contributed by atoms with E-state index >= 15 is 0 Å². The van der Waals surface area contributed by atoms with Gasteiger partial charge < -0.3 is 0 Å². The summed E-state index contributed by atoms with van der Waals surface area (Å²) in [7, 11) is 0. The topological polar surface area (TPSA) is 56.5 Å². The van der Waals surface area contributed by atoms with Crippen molar-refractivity contribution in [3.05, 3.63) is 4.91 Å². The summed E-state index contributed by atoms with van der Waals surface area (Å²) in [4.78, 5) is 9.75. The van der Waals surface area contributed by atoms with E-state index in [1.807, 2.05) is 0 Å². The Kier molecular flexibility index (Phi) is 4.83. The summed E-state index contributed by atoms with van der Waals surface area (Å²) in [5.74, 6) is 0.313. The molecule has 0 spiro atoms. The molecular formula is C4H6ClN3O. The van der Waals surface area contributed by atoms with Crippen LogP contribution in [0.4, 0.5) is 0 Å². The van der Waals surface area contributed by atoms with Gasteiger partial charge in [-0.3, -0.25) is 0 Å². The molecule has 0 unspecified atom stereocenters. The van der Waals surface area contributed by atoms with Crippen LogP contribution in [0.25, 0.3) is 0 Å². The maximum absolute atomic E-state index is 9.75. The Bertz CT molecular complexity index is 121. The van der Waals surface area contributed by atoms with Crippen molar-refractivity contribution in [2.45, 2.75) is 0 Å². The normalized spacial score (nSPS) is 8.00. The van der Waals surface area contributed by atoms with E-state index in [4.69, 9.17) is 16.9 Å². The van der Waals surface area contributed by atoms with Crippen molar-refractivity contribution in [1.29, 1.82) is 5.26 Å². The highest BCUT2D eigenvalue weighted by molar-refractivity contribution is 6.18. The molecule has 0 aromatic carbocycles. The lowest BCUT2D eigenvalue weighted by molar-refractivity contribution is 0.339. The van der Waals surface area contributed by atoms with Crippen LogP contribution in [0.15, 0.2) is 5.29 Å². The predicted octanol–water partition coefficient (Wildman–Crippen LogP) is 0.732. The molecule has 0 aliphatic heterocycles. The largest absolute Gasteiger partial charge is 0.246 e. The molecular weight excluding hydrogens is 142 g/mol. The maximum Gasteiger partial charge on any atom is 0.126 e. The van der Waals surface area contributed by atoms with Crippen LogP contribution in [0.1, 0.15) is 0 Å². The smallest absolute Gasteiger partial charge is 0.126 e. The highest BCUT2D eigenvalue weighted by Crippen LogP contribution is 1.87. The molecule has 0 amide bonds. The van der Waals surface area contributed by atoms with Crippen LogP contribution in [0.3, 0.4) is 0 Å². The van der Waals surface area contributed by atoms with Gasteiger partial charge in [0.15, 0.2) is 0 Å². The van der Waals surface area contributed by atoms with E-state index < -0.39 is 0 Å². The second kappa shape index (κ2) is 5.32. The standard InChI is InChI=1S/C4H6ClN3O/c5-1-3-8(7-9)4-2-6/h1,3-4H2. The number of nitroso groups, excluding NO2 is 1. The molecule has 9 heavy (non-hydrogen) atoms. The Hall–Kier alpha value is -0.820. The maximum atomic E-state index is 9.75. The van der Waals surface area contributed by atoms with Crippen molar-refractivity contribution >= 4 is 11.6 Å². The number of nitrogens with zero attached hydrogens (tertiary/aromatic N) is 3. The van der Waals surface area contributed by atoms with Gasteiger partial charge in [-0.15, -0.1) is 16.5 Å². The van der Waals surface area contributed by atoms with Crippen LogP contribution in [-0.4, -0.2) is 24.0 Å². The fourth-order valence-corrected chi connectivity index (χ4v) is 0.523. The predicted molar refractivity (Wildman–Crippen MR) is 33.7 cm³/mol. The monoisotopic (exact) mass is 147 g/mol. The van der Waals surface area contributed by atoms with Gasteiger partial charge in [0, 0.05) is 5.88 Å². The van der Waals surface area contributed by atoms with Crippen LogP contribution in [0.5, 0.6) is 0 Å². The summed E-state index contributed by atoms with van der Waals surface area (Å²) >= 11 is 5.26. The molecule has 0 radical (unpaired) electrons. The fraction of sp³-hybridized carbons (Fsp3) is 0.750. The molecule has 0 heterocycles. The number of rotatable bonds is 4. The molecule has 0 saturated heterocycles. The molecule has 0 aliphatic carbocycles. The lowest BCUT2D eigenvalue weighted by Crippen LogP contribution is -2.18. The second-order valence-electron chi connectivity index (χ2n) is 1.32. The first-order chi connectivity index (χ1) is 4.35. The van der Waals surface area contributed by atoms with E-state index in [2.05, 4.69) is 5.29 Å². The van der Waals surface area contributed by atoms with Gasteiger partial charge in [0.2, 0.25) is 0 Å². The van der Waals surface area contributed by atoms with E-state index in [0.29, 0.717) is 12.4 Å². The molecule has 0 bridgehead atoms. The van der Waals surface area contributed by atoms with Gasteiger partial charge in [-0.25, -0.2) is 5.01 Å². The van der Waals surface area contributed by atoms with Crippen LogP contribution >= 0.6 is 11.6 Å². The summed E-state index contributed by atoms with van der Waals surface area (Å²) < 4.78 is 0. The minimum absolute atomic E-state index is 0.0101. The number of halogens is 1. The SMILES string of the molecule is N#CCN(CCCl)N=O. The molecule has 0 aromatic heterocycles. The highest BCUT2D eigenvalue weighted by Gasteiger charge is 1.97. The zero-order valence-corrected chi connectivity index (χ0v) is 5.51. The van der Waals surface area contributed by atoms with Crippen molar-refractivity contribution in [3.8, 4) is 6.07 Å². The Balaban J connectivity index is 3.44. The van der Waals surface area contributed by atoms with Crippen molar-refractivity contribution in [2.24, 2.45) is 5.29 Å². The Morgan fingerprint density at radius 2 is 2.44 bits per heavy atom. The summed E-state index contributed by atoms with van der Waals surface area (Å²) in [6.45, 7) is 0.342. The lowest BCUT2D eigenvalue weighted by atomic mass is 10.6. The zero-order chi connectivity index (χ0) is 7.11. The van der Waals surface area contributed by atoms with Crippen molar-refractivity contribution in [1.82, 2.24) is 5.01 Å². The summed E-state index contributed by atoms with van der Waals surface area (Å²) in [6.07, 6.45) is 0. The summed E-state index contributed by atoms with van der Waals surface area (Å²) in [6, 6.07) is 1.78. The van der Waals surface area contributed by atoms with Crippen LogP contribution < -0.4 is 0 Å². The third kappa shape index (κ3) is 3.74. The molecule has 0 saturated carbocycles. The Morgan fingerprint density at radius 1 is 1.78 bits per heavy atom. The van der Waals surface area contributed by atoms with Gasteiger partial charge in [-0.2, -0.15) is 5.26 Å². The number of hydrogen-bond acceptors (Lipinski definition) is 3. The first-order valence-corrected chi connectivity index (χ1v) is 2.89. The third-order valence-corrected chi connectivity index (χ3v) is 0.880. The van der Waals surface area contributed by atoms with E-state index in [9.17, 15) is 4.91 Å². The Morgan fingerprint density at radius 3 is 2.78 bits per heavy atom. The average molecular weight is 148 g/mol. The minimum atomic E-state index is 0.0101. The van der Waals surface area contributed by atoms with Gasteiger partial charge in [0.1, 0.15) is 6.54 Å². The molecule has 0 N–H and O–H groups in total. The number of hydrogen-bond donors (Lipinski definition) is 0. The van der Waals surface area contributed by atoms with Crippen molar-refractivity contribution in [2.75, 3.05) is 19.0 Å². The minimum Gasteiger partial charge on any atom is -0.246 e. The van der Waals surface area contributed by atoms with E-state index in [1.54, 1.807) is 6.07 Å². The van der Waals surface area contributed by atoms with Crippen LogP contribution in [0, 0.1) is 16.2 Å². The van der Waals surface area contributed by atoms with E-state index in [1.165, 1.54) is 0 Å². The molecule has 4 nitrogen and oxygen atoms in total. The Labute approximate surface area is 58.0 Å². The van der Waals surface area contributed by atoms with Crippen molar-refractivity contribution < 1.29 is 0 Å². The molecule has 0 rings (SSSR count). The third-order valence-electron chi connectivity index (χ3n) is 0.711. The molecule has 5 heteroatoms. The highest BCUT2D eigenvalue weighted by atomic mass is 35.5. The summed E-state index contributed by atoms with van der Waals surface area (Å²) in [5, 5.41) is 11.7. The van der Waals surface area contributed by atoms with Gasteiger partial charge in [-0.05, 0) is 0 Å². The second-order valence-corrected chi connectivity index (χ2v) is 1.69. The van der Waals surface area contributed by atoms with Crippen molar-refractivity contribution in [3.63, 3.8) is 0 Å². The molecule has 0 atom stereocenters.